The van der Waals surface area contributed by atoms with E-state index in [0.717, 1.165) is 0 Å². The second-order valence-electron chi connectivity index (χ2n) is 8.75. The Labute approximate surface area is 230 Å². The summed E-state index contributed by atoms with van der Waals surface area (Å²) in [6.07, 6.45) is -6.76. The second kappa shape index (κ2) is 13.1. The van der Waals surface area contributed by atoms with Crippen molar-refractivity contribution < 1.29 is 52.0 Å². The molecule has 4 unspecified atom stereocenters. The van der Waals surface area contributed by atoms with Crippen molar-refractivity contribution in [3.05, 3.63) is 32.9 Å². The van der Waals surface area contributed by atoms with Crippen LogP contribution in [0.4, 0.5) is 13.2 Å². The molecule has 0 bridgehead atoms. The molecule has 0 radical (unpaired) electrons. The minimum absolute atomic E-state index is 0.0375. The normalized spacial score (nSPS) is 23.4. The van der Waals surface area contributed by atoms with Crippen molar-refractivity contribution >= 4 is 40.7 Å². The molecule has 1 fully saturated rings. The van der Waals surface area contributed by atoms with Crippen LogP contribution in [0.3, 0.4) is 0 Å². The number of benzene rings is 1. The largest absolute Gasteiger partial charge is 0.493 e. The van der Waals surface area contributed by atoms with Crippen molar-refractivity contribution in [2.24, 2.45) is 0 Å². The molecule has 0 aromatic heterocycles. The van der Waals surface area contributed by atoms with Crippen LogP contribution < -0.4 is 14.8 Å². The van der Waals surface area contributed by atoms with E-state index in [9.17, 15) is 32.7 Å². The van der Waals surface area contributed by atoms with Gasteiger partial charge in [-0.05, 0) is 53.6 Å². The third-order valence-electron chi connectivity index (χ3n) is 6.09. The quantitative estimate of drug-likeness (QED) is 0.256. The maximum atomic E-state index is 13.6. The molecule has 4 atom stereocenters. The molecule has 0 spiro atoms. The molecule has 1 aliphatic carbocycles. The summed E-state index contributed by atoms with van der Waals surface area (Å²) in [5.41, 5.74) is 0.239. The average Bonchev–Trinajstić information content (AvgIpc) is 3.42. The molecule has 10 nitrogen and oxygen atoms in total. The van der Waals surface area contributed by atoms with E-state index in [1.165, 1.54) is 25.3 Å². The highest BCUT2D eigenvalue weighted by Gasteiger charge is 2.46. The first-order valence-corrected chi connectivity index (χ1v) is 12.8. The summed E-state index contributed by atoms with van der Waals surface area (Å²) < 4.78 is 57.8. The molecule has 210 valence electrons. The number of amides is 2. The molecule has 3 rings (SSSR count). The van der Waals surface area contributed by atoms with Crippen molar-refractivity contribution in [1.82, 2.24) is 10.2 Å². The van der Waals surface area contributed by atoms with Crippen LogP contribution in [0.1, 0.15) is 29.6 Å². The Morgan fingerprint density at radius 2 is 2.08 bits per heavy atom. The maximum absolute atomic E-state index is 13.6. The minimum Gasteiger partial charge on any atom is -0.493 e. The summed E-state index contributed by atoms with van der Waals surface area (Å²) in [6.45, 7) is -1.93. The third kappa shape index (κ3) is 7.36. The zero-order chi connectivity index (χ0) is 28.0. The number of carbonyl (C=O) groups is 3. The predicted molar refractivity (Wildman–Crippen MR) is 135 cm³/mol. The molecule has 14 heteroatoms. The van der Waals surface area contributed by atoms with Crippen molar-refractivity contribution in [3.8, 4) is 11.5 Å². The van der Waals surface area contributed by atoms with Crippen LogP contribution in [-0.2, 0) is 14.3 Å². The van der Waals surface area contributed by atoms with Gasteiger partial charge in [0.2, 0.25) is 5.91 Å². The van der Waals surface area contributed by atoms with Gasteiger partial charge in [-0.2, -0.15) is 13.2 Å². The average molecular weight is 656 g/mol. The van der Waals surface area contributed by atoms with Crippen molar-refractivity contribution in [1.29, 1.82) is 0 Å². The molecule has 38 heavy (non-hydrogen) atoms. The van der Waals surface area contributed by atoms with Gasteiger partial charge in [0, 0.05) is 30.7 Å². The molecule has 1 heterocycles. The number of aliphatic hydroxyl groups excluding tert-OH is 2. The van der Waals surface area contributed by atoms with Gasteiger partial charge in [-0.1, -0.05) is 0 Å². The Morgan fingerprint density at radius 1 is 1.34 bits per heavy atom. The number of aliphatic hydroxyl groups is 2. The number of hydrogen-bond donors (Lipinski definition) is 3. The Hall–Kier alpha value is -2.43. The van der Waals surface area contributed by atoms with Crippen LogP contribution in [0.2, 0.25) is 0 Å². The predicted octanol–water partition coefficient (Wildman–Crippen LogP) is 1.60. The van der Waals surface area contributed by atoms with Crippen LogP contribution in [0, 0.1) is 3.57 Å². The molecule has 1 aromatic carbocycles. The Morgan fingerprint density at radius 3 is 2.66 bits per heavy atom. The van der Waals surface area contributed by atoms with E-state index >= 15 is 0 Å². The van der Waals surface area contributed by atoms with E-state index in [1.807, 2.05) is 22.6 Å². The summed E-state index contributed by atoms with van der Waals surface area (Å²) in [5.74, 6) is -1.43. The summed E-state index contributed by atoms with van der Waals surface area (Å²) in [7, 11) is 1.32. The highest BCUT2D eigenvalue weighted by molar-refractivity contribution is 14.1. The number of nitrogens with one attached hydrogen (secondary N) is 1. The van der Waals surface area contributed by atoms with Gasteiger partial charge in [-0.25, -0.2) is 0 Å². The van der Waals surface area contributed by atoms with Gasteiger partial charge in [0.1, 0.15) is 31.1 Å². The Kier molecular flexibility index (Phi) is 10.4. The van der Waals surface area contributed by atoms with Crippen molar-refractivity contribution in [2.45, 2.75) is 49.8 Å². The van der Waals surface area contributed by atoms with E-state index in [4.69, 9.17) is 19.3 Å². The minimum atomic E-state index is -4.80. The first-order valence-electron chi connectivity index (χ1n) is 11.7. The number of nitrogens with zero attached hydrogens (tertiary/aromatic N) is 1. The molecule has 2 amide bonds. The van der Waals surface area contributed by atoms with Crippen molar-refractivity contribution in [2.75, 3.05) is 33.4 Å². The monoisotopic (exact) mass is 656 g/mol. The number of halogens is 4. The number of ether oxygens (including phenoxy) is 3. The molecule has 1 saturated heterocycles. The van der Waals surface area contributed by atoms with Crippen molar-refractivity contribution in [3.63, 3.8) is 0 Å². The smallest absolute Gasteiger partial charge is 0.406 e. The van der Waals surface area contributed by atoms with Gasteiger partial charge in [-0.3, -0.25) is 14.4 Å². The molecular formula is C24H28F3IN2O8. The standard InChI is InChI=1S/C24H28F3IN2O8/c1-36-19-8-13(11-32)7-15(28)21(19)38-18-10-14(22(34)29-4-5-31)9-16(20(18)33)30(12-24(25,26)27)23(35)17-3-2-6-37-17/h7-8,10-11,16-18,20,31,33H,2-6,9,12H2,1H3,(H,29,34). The lowest BCUT2D eigenvalue weighted by Crippen LogP contribution is -2.58. The number of rotatable bonds is 10. The van der Waals surface area contributed by atoms with E-state index in [1.54, 1.807) is 0 Å². The molecule has 1 aliphatic heterocycles. The Bertz CT molecular complexity index is 1060. The van der Waals surface area contributed by atoms with Crippen LogP contribution in [0.15, 0.2) is 23.8 Å². The first kappa shape index (κ1) is 30.1. The summed E-state index contributed by atoms with van der Waals surface area (Å²) in [4.78, 5) is 37.7. The van der Waals surface area contributed by atoms with E-state index in [0.29, 0.717) is 21.2 Å². The first-order chi connectivity index (χ1) is 18.0. The second-order valence-corrected chi connectivity index (χ2v) is 9.91. The van der Waals surface area contributed by atoms with Crippen LogP contribution in [-0.4, -0.2) is 97.2 Å². The van der Waals surface area contributed by atoms with E-state index in [2.05, 4.69) is 5.32 Å². The zero-order valence-electron chi connectivity index (χ0n) is 20.4. The highest BCUT2D eigenvalue weighted by atomic mass is 127. The van der Waals surface area contributed by atoms with Crippen LogP contribution in [0.25, 0.3) is 0 Å². The topological polar surface area (TPSA) is 135 Å². The van der Waals surface area contributed by atoms with Gasteiger partial charge in [0.15, 0.2) is 11.5 Å². The van der Waals surface area contributed by atoms with Gasteiger partial charge >= 0.3 is 6.18 Å². The van der Waals surface area contributed by atoms with Gasteiger partial charge < -0.3 is 34.6 Å². The fourth-order valence-corrected chi connectivity index (χ4v) is 5.10. The lowest BCUT2D eigenvalue weighted by molar-refractivity contribution is -0.177. The summed E-state index contributed by atoms with van der Waals surface area (Å²) in [6, 6.07) is 1.37. The fourth-order valence-electron chi connectivity index (χ4n) is 4.35. The fraction of sp³-hybridized carbons (Fsp3) is 0.542. The van der Waals surface area contributed by atoms with Crippen LogP contribution >= 0.6 is 22.6 Å². The highest BCUT2D eigenvalue weighted by Crippen LogP contribution is 2.37. The number of carbonyl (C=O) groups excluding carboxylic acids is 3. The summed E-state index contributed by atoms with van der Waals surface area (Å²) in [5, 5.41) is 22.7. The number of hydrogen-bond acceptors (Lipinski definition) is 8. The molecule has 3 N–H and O–H groups in total. The van der Waals surface area contributed by atoms with Crippen LogP contribution in [0.5, 0.6) is 11.5 Å². The van der Waals surface area contributed by atoms with Gasteiger partial charge in [0.05, 0.1) is 23.3 Å². The van der Waals surface area contributed by atoms with Gasteiger partial charge in [0.25, 0.3) is 5.91 Å². The number of alkyl halides is 3. The molecule has 0 saturated carbocycles. The Balaban J connectivity index is 2.03. The van der Waals surface area contributed by atoms with E-state index < -0.39 is 55.3 Å². The van der Waals surface area contributed by atoms with E-state index in [-0.39, 0.29) is 48.8 Å². The molecular weight excluding hydrogens is 628 g/mol. The third-order valence-corrected chi connectivity index (χ3v) is 6.90. The number of aldehydes is 1. The SMILES string of the molecule is COc1cc(C=O)cc(I)c1OC1C=C(C(=O)NCCO)CC(N(CC(F)(F)F)C(=O)C2CCCO2)C1O. The molecule has 2 aliphatic rings. The van der Waals surface area contributed by atoms with Gasteiger partial charge in [-0.15, -0.1) is 0 Å². The number of methoxy groups -OCH3 is 1. The molecule has 1 aromatic rings. The zero-order valence-corrected chi connectivity index (χ0v) is 22.5. The lowest BCUT2D eigenvalue weighted by atomic mass is 9.87. The lowest BCUT2D eigenvalue weighted by Gasteiger charge is -2.41. The maximum Gasteiger partial charge on any atom is 0.406 e. The summed E-state index contributed by atoms with van der Waals surface area (Å²) >= 11 is 1.87.